The van der Waals surface area contributed by atoms with E-state index in [9.17, 15) is 30.0 Å². The second-order valence-corrected chi connectivity index (χ2v) is 11.4. The minimum Gasteiger partial charge on any atom is -0.380 e. The van der Waals surface area contributed by atoms with Gasteiger partial charge in [0.15, 0.2) is 0 Å². The molecule has 0 amide bonds. The lowest BCUT2D eigenvalue weighted by molar-refractivity contribution is -0.0435. The average Bonchev–Trinajstić information content (AvgIpc) is 2.65. The minimum absolute atomic E-state index is 0.142. The number of sulfonamides is 1. The maximum absolute atomic E-state index is 13.2. The van der Waals surface area contributed by atoms with Gasteiger partial charge in [-0.1, -0.05) is 32.0 Å². The Labute approximate surface area is 178 Å². The van der Waals surface area contributed by atoms with E-state index >= 15 is 0 Å². The van der Waals surface area contributed by atoms with Gasteiger partial charge in [-0.3, -0.25) is 0 Å². The molecule has 2 rings (SSSR count). The lowest BCUT2D eigenvalue weighted by Gasteiger charge is -2.26. The molecule has 0 aliphatic rings. The number of rotatable bonds is 8. The smallest absolute Gasteiger partial charge is 0.380 e. The SMILES string of the molecule is CC[C@@H](Nc1ccc(S(N)(=O)=O)cc1S(=O)(=O)C(F)(F)F)C(C)Sc1ccccc1. The quantitative estimate of drug-likeness (QED) is 0.551. The fourth-order valence-electron chi connectivity index (χ4n) is 2.69. The highest BCUT2D eigenvalue weighted by Crippen LogP contribution is 2.37. The van der Waals surface area contributed by atoms with E-state index in [1.54, 1.807) is 6.92 Å². The Kier molecular flexibility index (Phi) is 7.49. The lowest BCUT2D eigenvalue weighted by Crippen LogP contribution is -2.31. The van der Waals surface area contributed by atoms with Gasteiger partial charge >= 0.3 is 5.51 Å². The van der Waals surface area contributed by atoms with Crippen LogP contribution in [0.2, 0.25) is 0 Å². The number of alkyl halides is 3. The number of sulfone groups is 1. The highest BCUT2D eigenvalue weighted by atomic mass is 32.2. The van der Waals surface area contributed by atoms with Gasteiger partial charge in [-0.15, -0.1) is 11.8 Å². The highest BCUT2D eigenvalue weighted by Gasteiger charge is 2.48. The van der Waals surface area contributed by atoms with Crippen LogP contribution in [-0.4, -0.2) is 33.6 Å². The summed E-state index contributed by atoms with van der Waals surface area (Å²) in [6, 6.07) is 11.3. The van der Waals surface area contributed by atoms with Crippen molar-refractivity contribution in [2.45, 2.75) is 51.8 Å². The predicted octanol–water partition coefficient (Wildman–Crippen LogP) is 4.00. The third kappa shape index (κ3) is 5.68. The van der Waals surface area contributed by atoms with Crippen LogP contribution in [-0.2, 0) is 19.9 Å². The number of hydrogen-bond acceptors (Lipinski definition) is 6. The molecule has 0 heterocycles. The molecule has 0 aromatic heterocycles. The van der Waals surface area contributed by atoms with Crippen LogP contribution in [0.25, 0.3) is 0 Å². The number of benzene rings is 2. The first-order valence-electron chi connectivity index (χ1n) is 8.73. The van der Waals surface area contributed by atoms with Gasteiger partial charge in [-0.25, -0.2) is 22.0 Å². The first-order valence-corrected chi connectivity index (χ1v) is 12.6. The van der Waals surface area contributed by atoms with Crippen molar-refractivity contribution in [1.82, 2.24) is 0 Å². The van der Waals surface area contributed by atoms with Crippen LogP contribution < -0.4 is 10.5 Å². The molecule has 0 bridgehead atoms. The number of primary sulfonamides is 1. The normalized spacial score (nSPS) is 14.9. The van der Waals surface area contributed by atoms with Crippen LogP contribution in [0.5, 0.6) is 0 Å². The predicted molar refractivity (Wildman–Crippen MR) is 111 cm³/mol. The third-order valence-electron chi connectivity index (χ3n) is 4.29. The molecule has 0 saturated carbocycles. The van der Waals surface area contributed by atoms with Gasteiger partial charge in [-0.05, 0) is 36.8 Å². The van der Waals surface area contributed by atoms with Crippen molar-refractivity contribution in [2.75, 3.05) is 5.32 Å². The maximum atomic E-state index is 13.2. The summed E-state index contributed by atoms with van der Waals surface area (Å²) in [7, 11) is -10.2. The minimum atomic E-state index is -5.82. The fraction of sp³-hybridized carbons (Fsp3) is 0.333. The monoisotopic (exact) mass is 482 g/mol. The fourth-order valence-corrected chi connectivity index (χ4v) is 5.42. The molecule has 0 aliphatic carbocycles. The van der Waals surface area contributed by atoms with Gasteiger partial charge in [0.1, 0.15) is 4.90 Å². The number of thioether (sulfide) groups is 1. The van der Waals surface area contributed by atoms with E-state index in [1.165, 1.54) is 11.8 Å². The Bertz CT molecular complexity index is 1090. The molecule has 1 unspecified atom stereocenters. The van der Waals surface area contributed by atoms with Crippen molar-refractivity contribution in [2.24, 2.45) is 5.14 Å². The Balaban J connectivity index is 2.46. The van der Waals surface area contributed by atoms with Gasteiger partial charge in [-0.2, -0.15) is 13.2 Å². The number of hydrogen-bond donors (Lipinski definition) is 2. The summed E-state index contributed by atoms with van der Waals surface area (Å²) in [6.07, 6.45) is 0.476. The number of nitrogens with two attached hydrogens (primary N) is 1. The van der Waals surface area contributed by atoms with Crippen molar-refractivity contribution in [3.05, 3.63) is 48.5 Å². The first-order chi connectivity index (χ1) is 13.8. The summed E-state index contributed by atoms with van der Waals surface area (Å²) in [5.74, 6) is 0. The summed E-state index contributed by atoms with van der Waals surface area (Å²) in [5, 5.41) is 7.66. The Morgan fingerprint density at radius 2 is 1.67 bits per heavy atom. The summed E-state index contributed by atoms with van der Waals surface area (Å²) >= 11 is 1.47. The summed E-state index contributed by atoms with van der Waals surface area (Å²) in [5.41, 5.74) is -5.95. The molecule has 0 aliphatic heterocycles. The zero-order valence-corrected chi connectivity index (χ0v) is 18.5. The van der Waals surface area contributed by atoms with Gasteiger partial charge in [0, 0.05) is 16.2 Å². The van der Waals surface area contributed by atoms with Gasteiger partial charge in [0.05, 0.1) is 10.6 Å². The number of halogens is 3. The zero-order chi connectivity index (χ0) is 22.7. The van der Waals surface area contributed by atoms with Crippen molar-refractivity contribution < 1.29 is 30.0 Å². The number of anilines is 1. The molecule has 2 aromatic rings. The van der Waals surface area contributed by atoms with Crippen LogP contribution in [0, 0.1) is 0 Å². The largest absolute Gasteiger partial charge is 0.501 e. The van der Waals surface area contributed by atoms with E-state index in [-0.39, 0.29) is 10.9 Å². The second kappa shape index (κ2) is 9.16. The van der Waals surface area contributed by atoms with Crippen molar-refractivity contribution in [3.63, 3.8) is 0 Å². The van der Waals surface area contributed by atoms with Gasteiger partial charge < -0.3 is 5.32 Å². The summed E-state index contributed by atoms with van der Waals surface area (Å²) in [6.45, 7) is 3.66. The Morgan fingerprint density at radius 3 is 2.17 bits per heavy atom. The molecule has 0 fully saturated rings. The van der Waals surface area contributed by atoms with Crippen LogP contribution in [0.3, 0.4) is 0 Å². The second-order valence-electron chi connectivity index (χ2n) is 6.45. The van der Waals surface area contributed by atoms with E-state index in [0.717, 1.165) is 17.0 Å². The molecular formula is C18H21F3N2O4S3. The molecule has 0 saturated heterocycles. The van der Waals surface area contributed by atoms with Crippen molar-refractivity contribution >= 4 is 37.3 Å². The molecule has 0 spiro atoms. The third-order valence-corrected chi connectivity index (χ3v) is 7.97. The van der Waals surface area contributed by atoms with Crippen LogP contribution in [0.1, 0.15) is 20.3 Å². The van der Waals surface area contributed by atoms with Crippen molar-refractivity contribution in [3.8, 4) is 0 Å². The molecular weight excluding hydrogens is 461 g/mol. The molecule has 0 radical (unpaired) electrons. The molecule has 12 heteroatoms. The van der Waals surface area contributed by atoms with E-state index in [1.807, 2.05) is 37.3 Å². The van der Waals surface area contributed by atoms with E-state index in [0.29, 0.717) is 12.5 Å². The van der Waals surface area contributed by atoms with Gasteiger partial charge in [0.2, 0.25) is 10.0 Å². The van der Waals surface area contributed by atoms with Crippen LogP contribution >= 0.6 is 11.8 Å². The zero-order valence-electron chi connectivity index (χ0n) is 16.0. The first kappa shape index (κ1) is 24.5. The maximum Gasteiger partial charge on any atom is 0.501 e. The molecule has 2 atom stereocenters. The molecule has 166 valence electrons. The summed E-state index contributed by atoms with van der Waals surface area (Å²) < 4.78 is 86.8. The Morgan fingerprint density at radius 1 is 1.07 bits per heavy atom. The average molecular weight is 483 g/mol. The van der Waals surface area contributed by atoms with Crippen LogP contribution in [0.15, 0.2) is 63.2 Å². The lowest BCUT2D eigenvalue weighted by atomic mass is 10.1. The molecule has 30 heavy (non-hydrogen) atoms. The van der Waals surface area contributed by atoms with E-state index in [2.05, 4.69) is 5.32 Å². The topological polar surface area (TPSA) is 106 Å². The Hall–Kier alpha value is -1.76. The standard InChI is InChI=1S/C18H21F3N2O4S3/c1-3-15(12(2)28-13-7-5-4-6-8-13)23-16-10-9-14(30(22,26)27)11-17(16)29(24,25)18(19,20)21/h4-12,15,23H,3H2,1-2H3,(H2,22,26,27)/t12?,15-/m1/s1. The highest BCUT2D eigenvalue weighted by molar-refractivity contribution is 8.00. The van der Waals surface area contributed by atoms with Crippen molar-refractivity contribution in [1.29, 1.82) is 0 Å². The van der Waals surface area contributed by atoms with Crippen LogP contribution in [0.4, 0.5) is 18.9 Å². The molecule has 3 N–H and O–H groups in total. The molecule has 2 aromatic carbocycles. The number of nitrogens with one attached hydrogen (secondary N) is 1. The van der Waals surface area contributed by atoms with E-state index in [4.69, 9.17) is 5.14 Å². The molecule has 6 nitrogen and oxygen atoms in total. The summed E-state index contributed by atoms with van der Waals surface area (Å²) in [4.78, 5) is -0.967. The van der Waals surface area contributed by atoms with E-state index < -0.39 is 41.2 Å². The van der Waals surface area contributed by atoms with Gasteiger partial charge in [0.25, 0.3) is 9.84 Å².